The second-order valence-electron chi connectivity index (χ2n) is 4.61. The molecule has 0 fully saturated rings. The van der Waals surface area contributed by atoms with Crippen LogP contribution in [0.4, 0.5) is 5.69 Å². The van der Waals surface area contributed by atoms with Crippen molar-refractivity contribution in [2.24, 2.45) is 0 Å². The van der Waals surface area contributed by atoms with E-state index in [1.54, 1.807) is 31.3 Å². The van der Waals surface area contributed by atoms with Gasteiger partial charge < -0.3 is 10.0 Å². The molecule has 2 heterocycles. The third kappa shape index (κ3) is 1.95. The van der Waals surface area contributed by atoms with Gasteiger partial charge in [-0.1, -0.05) is 18.2 Å². The van der Waals surface area contributed by atoms with E-state index in [1.165, 1.54) is 11.0 Å². The molecule has 106 valence electrons. The Bertz CT molecular complexity index is 892. The summed E-state index contributed by atoms with van der Waals surface area (Å²) in [5.74, 6) is -0.864. The summed E-state index contributed by atoms with van der Waals surface area (Å²) in [7, 11) is 1.62. The van der Waals surface area contributed by atoms with Crippen molar-refractivity contribution in [1.29, 1.82) is 0 Å². The molecule has 0 aliphatic carbocycles. The number of aromatic amines is 2. The number of rotatable bonds is 1. The van der Waals surface area contributed by atoms with Gasteiger partial charge in [-0.3, -0.25) is 19.6 Å². The number of amides is 1. The van der Waals surface area contributed by atoms with Crippen molar-refractivity contribution in [1.82, 2.24) is 9.97 Å². The Kier molecular flexibility index (Phi) is 2.76. The third-order valence-electron chi connectivity index (χ3n) is 3.34. The number of H-pyrrole nitrogens is 2. The number of carbonyl (C=O) groups is 1. The predicted octanol–water partition coefficient (Wildman–Crippen LogP) is 0.286. The van der Waals surface area contributed by atoms with Gasteiger partial charge in [0.1, 0.15) is 5.56 Å². The van der Waals surface area contributed by atoms with E-state index in [4.69, 9.17) is 0 Å². The predicted molar refractivity (Wildman–Crippen MR) is 77.1 cm³/mol. The van der Waals surface area contributed by atoms with Gasteiger partial charge in [-0.25, -0.2) is 4.79 Å². The number of aromatic hydroxyl groups is 1. The van der Waals surface area contributed by atoms with E-state index < -0.39 is 17.1 Å². The molecule has 3 rings (SSSR count). The Morgan fingerprint density at radius 2 is 1.86 bits per heavy atom. The van der Waals surface area contributed by atoms with Crippen molar-refractivity contribution >= 4 is 23.2 Å². The van der Waals surface area contributed by atoms with Crippen LogP contribution in [0.5, 0.6) is 5.88 Å². The first-order chi connectivity index (χ1) is 9.99. The molecule has 1 amide bonds. The Hall–Kier alpha value is -3.09. The largest absolute Gasteiger partial charge is 0.494 e. The average molecular weight is 285 g/mol. The fraction of sp³-hybridized carbons (Fsp3) is 0.0714. The molecule has 0 bridgehead atoms. The lowest BCUT2D eigenvalue weighted by Crippen LogP contribution is -2.24. The fourth-order valence-corrected chi connectivity index (χ4v) is 2.30. The number of hydrogen-bond donors (Lipinski definition) is 3. The van der Waals surface area contributed by atoms with Crippen LogP contribution >= 0.6 is 0 Å². The maximum absolute atomic E-state index is 12.2. The lowest BCUT2D eigenvalue weighted by atomic mass is 10.1. The molecule has 0 saturated heterocycles. The fourth-order valence-electron chi connectivity index (χ4n) is 2.30. The van der Waals surface area contributed by atoms with E-state index in [2.05, 4.69) is 4.98 Å². The highest BCUT2D eigenvalue weighted by atomic mass is 16.3. The average Bonchev–Trinajstić information content (AvgIpc) is 2.67. The highest BCUT2D eigenvalue weighted by molar-refractivity contribution is 6.35. The molecule has 2 aromatic rings. The maximum Gasteiger partial charge on any atom is 0.328 e. The van der Waals surface area contributed by atoms with Gasteiger partial charge in [0.15, 0.2) is 0 Å². The number of likely N-dealkylation sites (N-methyl/N-ethyl adjacent to an activating group) is 1. The molecular formula is C14H11N3O4. The topological polar surface area (TPSA) is 106 Å². The zero-order chi connectivity index (χ0) is 15.1. The Labute approximate surface area is 118 Å². The number of nitrogens with zero attached hydrogens (tertiary/aromatic N) is 1. The van der Waals surface area contributed by atoms with Crippen LogP contribution in [0.1, 0.15) is 11.1 Å². The van der Waals surface area contributed by atoms with Gasteiger partial charge in [0.05, 0.1) is 11.3 Å². The van der Waals surface area contributed by atoms with Crippen LogP contribution in [-0.4, -0.2) is 28.0 Å². The maximum atomic E-state index is 12.2. The molecule has 1 aliphatic rings. The van der Waals surface area contributed by atoms with E-state index in [1.807, 2.05) is 4.98 Å². The van der Waals surface area contributed by atoms with Gasteiger partial charge in [0.25, 0.3) is 11.5 Å². The minimum absolute atomic E-state index is 0.164. The molecule has 1 aromatic heterocycles. The smallest absolute Gasteiger partial charge is 0.328 e. The summed E-state index contributed by atoms with van der Waals surface area (Å²) in [6.45, 7) is 0. The quantitative estimate of drug-likeness (QED) is 0.654. The highest BCUT2D eigenvalue weighted by Gasteiger charge is 2.29. The number of carbonyl (C=O) groups excluding carboxylic acids is 1. The Balaban J connectivity index is 2.24. The second kappa shape index (κ2) is 4.48. The molecule has 0 unspecified atom stereocenters. The van der Waals surface area contributed by atoms with Crippen LogP contribution in [0.15, 0.2) is 33.9 Å². The summed E-state index contributed by atoms with van der Waals surface area (Å²) in [4.78, 5) is 40.6. The minimum Gasteiger partial charge on any atom is -0.494 e. The SMILES string of the molecule is CN1C(=O)/C(=C\c2c(O)[nH]c(=O)[nH]c2=O)c2ccccc21. The molecule has 7 nitrogen and oxygen atoms in total. The third-order valence-corrected chi connectivity index (χ3v) is 3.34. The summed E-state index contributed by atoms with van der Waals surface area (Å²) >= 11 is 0. The zero-order valence-electron chi connectivity index (χ0n) is 11.0. The van der Waals surface area contributed by atoms with Crippen LogP contribution in [0, 0.1) is 0 Å². The molecule has 3 N–H and O–H groups in total. The molecular weight excluding hydrogens is 274 g/mol. The Morgan fingerprint density at radius 3 is 2.57 bits per heavy atom. The number of para-hydroxylation sites is 1. The van der Waals surface area contributed by atoms with E-state index in [-0.39, 0.29) is 17.0 Å². The first kappa shape index (κ1) is 12.9. The van der Waals surface area contributed by atoms with Crippen molar-refractivity contribution in [2.45, 2.75) is 0 Å². The number of aromatic nitrogens is 2. The van der Waals surface area contributed by atoms with E-state index in [0.717, 1.165) is 0 Å². The second-order valence-corrected chi connectivity index (χ2v) is 4.61. The first-order valence-corrected chi connectivity index (χ1v) is 6.14. The van der Waals surface area contributed by atoms with Crippen molar-refractivity contribution < 1.29 is 9.90 Å². The van der Waals surface area contributed by atoms with E-state index in [9.17, 15) is 19.5 Å². The minimum atomic E-state index is -0.810. The number of benzene rings is 1. The molecule has 1 aromatic carbocycles. The normalized spacial score (nSPS) is 15.6. The first-order valence-electron chi connectivity index (χ1n) is 6.14. The molecule has 0 saturated carbocycles. The number of fused-ring (bicyclic) bond motifs is 1. The summed E-state index contributed by atoms with van der Waals surface area (Å²) in [6, 6.07) is 7.11. The summed E-state index contributed by atoms with van der Waals surface area (Å²) in [5.41, 5.74) is -0.0772. The van der Waals surface area contributed by atoms with Gasteiger partial charge in [0.2, 0.25) is 5.88 Å². The van der Waals surface area contributed by atoms with Gasteiger partial charge >= 0.3 is 5.69 Å². The molecule has 21 heavy (non-hydrogen) atoms. The molecule has 0 spiro atoms. The Morgan fingerprint density at radius 1 is 1.14 bits per heavy atom. The van der Waals surface area contributed by atoms with Crippen molar-refractivity contribution in [3.8, 4) is 5.88 Å². The zero-order valence-corrected chi connectivity index (χ0v) is 11.0. The van der Waals surface area contributed by atoms with Gasteiger partial charge in [-0.15, -0.1) is 0 Å². The van der Waals surface area contributed by atoms with Crippen LogP contribution in [-0.2, 0) is 4.79 Å². The van der Waals surface area contributed by atoms with Crippen LogP contribution in [0.25, 0.3) is 11.6 Å². The summed E-state index contributed by atoms with van der Waals surface area (Å²) in [6.07, 6.45) is 1.27. The van der Waals surface area contributed by atoms with Crippen LogP contribution in [0.3, 0.4) is 0 Å². The molecule has 1 aliphatic heterocycles. The number of anilines is 1. The highest BCUT2D eigenvalue weighted by Crippen LogP contribution is 2.36. The van der Waals surface area contributed by atoms with Gasteiger partial charge in [-0.2, -0.15) is 0 Å². The van der Waals surface area contributed by atoms with Crippen molar-refractivity contribution in [2.75, 3.05) is 11.9 Å². The van der Waals surface area contributed by atoms with Gasteiger partial charge in [0, 0.05) is 12.6 Å². The standard InChI is InChI=1S/C14H11N3O4/c1-17-10-5-3-2-4-7(10)8(13(17)20)6-9-11(18)15-14(21)16-12(9)19/h2-6H,1H3,(H3,15,16,18,19,21)/b8-6-. The molecule has 0 atom stereocenters. The van der Waals surface area contributed by atoms with Crippen molar-refractivity contribution in [3.63, 3.8) is 0 Å². The van der Waals surface area contributed by atoms with Gasteiger partial charge in [-0.05, 0) is 12.1 Å². The van der Waals surface area contributed by atoms with Crippen LogP contribution < -0.4 is 16.1 Å². The van der Waals surface area contributed by atoms with E-state index in [0.29, 0.717) is 11.3 Å². The number of hydrogen-bond acceptors (Lipinski definition) is 4. The molecule has 0 radical (unpaired) electrons. The number of nitrogens with one attached hydrogen (secondary N) is 2. The summed E-state index contributed by atoms with van der Waals surface area (Å²) < 4.78 is 0. The van der Waals surface area contributed by atoms with Crippen LogP contribution in [0.2, 0.25) is 0 Å². The lowest BCUT2D eigenvalue weighted by Gasteiger charge is -2.07. The van der Waals surface area contributed by atoms with E-state index >= 15 is 0 Å². The summed E-state index contributed by atoms with van der Waals surface area (Å²) in [5, 5.41) is 9.69. The molecule has 7 heteroatoms. The monoisotopic (exact) mass is 285 g/mol. The van der Waals surface area contributed by atoms with Crippen molar-refractivity contribution in [3.05, 3.63) is 56.2 Å². The lowest BCUT2D eigenvalue weighted by molar-refractivity contribution is -0.112.